The number of benzene rings is 1. The van der Waals surface area contributed by atoms with Crippen molar-refractivity contribution in [3.05, 3.63) is 48.2 Å². The van der Waals surface area contributed by atoms with E-state index in [1.165, 1.54) is 30.2 Å². The molecule has 2 aliphatic rings. The molecule has 0 saturated heterocycles. The van der Waals surface area contributed by atoms with Crippen LogP contribution in [0.1, 0.15) is 31.2 Å². The number of rotatable bonds is 6. The van der Waals surface area contributed by atoms with E-state index in [1.54, 1.807) is 6.20 Å². The van der Waals surface area contributed by atoms with Gasteiger partial charge in [0.15, 0.2) is 11.5 Å². The maximum absolute atomic E-state index is 12.4. The SMILES string of the molecule is O=C(CSc1ccccn1)NCC1(c2ccc3c(c2)OCCO3)CCCC1. The minimum Gasteiger partial charge on any atom is -0.486 e. The Morgan fingerprint density at radius 2 is 1.93 bits per heavy atom. The Balaban J connectivity index is 1.41. The third kappa shape index (κ3) is 4.21. The first-order valence-electron chi connectivity index (χ1n) is 9.46. The molecule has 0 bridgehead atoms. The van der Waals surface area contributed by atoms with E-state index in [4.69, 9.17) is 9.47 Å². The highest BCUT2D eigenvalue weighted by Gasteiger charge is 2.36. The first-order chi connectivity index (χ1) is 13.3. The first-order valence-corrected chi connectivity index (χ1v) is 10.4. The molecule has 0 atom stereocenters. The third-order valence-electron chi connectivity index (χ3n) is 5.33. The Labute approximate surface area is 163 Å². The van der Waals surface area contributed by atoms with Crippen LogP contribution in [0.25, 0.3) is 0 Å². The highest BCUT2D eigenvalue weighted by atomic mass is 32.2. The number of carbonyl (C=O) groups is 1. The molecule has 1 N–H and O–H groups in total. The zero-order valence-electron chi connectivity index (χ0n) is 15.3. The molecule has 1 fully saturated rings. The van der Waals surface area contributed by atoms with E-state index < -0.39 is 0 Å². The molecule has 4 rings (SSSR count). The van der Waals surface area contributed by atoms with Crippen LogP contribution in [0.2, 0.25) is 0 Å². The van der Waals surface area contributed by atoms with Crippen LogP contribution in [-0.4, -0.2) is 36.4 Å². The Morgan fingerprint density at radius 1 is 1.11 bits per heavy atom. The van der Waals surface area contributed by atoms with E-state index in [0.717, 1.165) is 29.4 Å². The molecule has 1 aliphatic heterocycles. The number of fused-ring (bicyclic) bond motifs is 1. The summed E-state index contributed by atoms with van der Waals surface area (Å²) in [6, 6.07) is 12.0. The van der Waals surface area contributed by atoms with Gasteiger partial charge in [0.05, 0.1) is 10.8 Å². The van der Waals surface area contributed by atoms with Gasteiger partial charge in [0.2, 0.25) is 5.91 Å². The molecule has 5 nitrogen and oxygen atoms in total. The van der Waals surface area contributed by atoms with Crippen molar-refractivity contribution < 1.29 is 14.3 Å². The number of nitrogens with zero attached hydrogens (tertiary/aromatic N) is 1. The number of pyridine rings is 1. The number of hydrogen-bond donors (Lipinski definition) is 1. The van der Waals surface area contributed by atoms with Crippen molar-refractivity contribution in [3.8, 4) is 11.5 Å². The van der Waals surface area contributed by atoms with Crippen LogP contribution >= 0.6 is 11.8 Å². The van der Waals surface area contributed by atoms with Gasteiger partial charge >= 0.3 is 0 Å². The molecular weight excluding hydrogens is 360 g/mol. The van der Waals surface area contributed by atoms with Gasteiger partial charge in [-0.25, -0.2) is 4.98 Å². The lowest BCUT2D eigenvalue weighted by atomic mass is 9.78. The van der Waals surface area contributed by atoms with E-state index in [2.05, 4.69) is 22.4 Å². The first kappa shape index (κ1) is 18.2. The van der Waals surface area contributed by atoms with Crippen molar-refractivity contribution in [2.75, 3.05) is 25.5 Å². The second-order valence-corrected chi connectivity index (χ2v) is 8.07. The van der Waals surface area contributed by atoms with Crippen LogP contribution in [-0.2, 0) is 10.2 Å². The number of nitrogens with one attached hydrogen (secondary N) is 1. The molecule has 1 aromatic carbocycles. The Morgan fingerprint density at radius 3 is 2.70 bits per heavy atom. The summed E-state index contributed by atoms with van der Waals surface area (Å²) < 4.78 is 11.4. The van der Waals surface area contributed by atoms with Crippen LogP contribution in [0.5, 0.6) is 11.5 Å². The van der Waals surface area contributed by atoms with Crippen molar-refractivity contribution in [3.63, 3.8) is 0 Å². The Kier molecular flexibility index (Phi) is 5.53. The van der Waals surface area contributed by atoms with Crippen molar-refractivity contribution in [1.29, 1.82) is 0 Å². The number of ether oxygens (including phenoxy) is 2. The van der Waals surface area contributed by atoms with Crippen molar-refractivity contribution in [2.24, 2.45) is 0 Å². The highest BCUT2D eigenvalue weighted by Crippen LogP contribution is 2.43. The summed E-state index contributed by atoms with van der Waals surface area (Å²) in [5, 5.41) is 4.03. The summed E-state index contributed by atoms with van der Waals surface area (Å²) >= 11 is 1.46. The van der Waals surface area contributed by atoms with Crippen LogP contribution < -0.4 is 14.8 Å². The number of hydrogen-bond acceptors (Lipinski definition) is 5. The smallest absolute Gasteiger partial charge is 0.230 e. The predicted octanol–water partition coefficient (Wildman–Crippen LogP) is 3.57. The maximum Gasteiger partial charge on any atom is 0.230 e. The highest BCUT2D eigenvalue weighted by molar-refractivity contribution is 7.99. The fourth-order valence-electron chi connectivity index (χ4n) is 3.88. The van der Waals surface area contributed by atoms with Crippen molar-refractivity contribution in [2.45, 2.75) is 36.1 Å². The van der Waals surface area contributed by atoms with E-state index >= 15 is 0 Å². The van der Waals surface area contributed by atoms with Crippen LogP contribution in [0, 0.1) is 0 Å². The lowest BCUT2D eigenvalue weighted by molar-refractivity contribution is -0.118. The minimum absolute atomic E-state index is 0.0127. The average Bonchev–Trinajstić information content (AvgIpc) is 3.21. The van der Waals surface area contributed by atoms with Crippen LogP contribution in [0.3, 0.4) is 0 Å². The third-order valence-corrected chi connectivity index (χ3v) is 6.27. The summed E-state index contributed by atoms with van der Waals surface area (Å²) in [7, 11) is 0. The van der Waals surface area contributed by atoms with Gasteiger partial charge in [0, 0.05) is 18.2 Å². The quantitative estimate of drug-likeness (QED) is 0.772. The Hall–Kier alpha value is -2.21. The van der Waals surface area contributed by atoms with Gasteiger partial charge in [0.1, 0.15) is 13.2 Å². The summed E-state index contributed by atoms with van der Waals surface area (Å²) in [5.74, 6) is 2.07. The lowest BCUT2D eigenvalue weighted by Crippen LogP contribution is -2.39. The van der Waals surface area contributed by atoms with E-state index in [-0.39, 0.29) is 11.3 Å². The zero-order valence-corrected chi connectivity index (χ0v) is 16.1. The summed E-state index contributed by atoms with van der Waals surface area (Å²) in [6.45, 7) is 1.85. The van der Waals surface area contributed by atoms with Gasteiger partial charge in [-0.05, 0) is 42.7 Å². The summed E-state index contributed by atoms with van der Waals surface area (Å²) in [5.41, 5.74) is 1.23. The molecule has 6 heteroatoms. The summed E-state index contributed by atoms with van der Waals surface area (Å²) in [4.78, 5) is 16.6. The molecule has 0 unspecified atom stereocenters. The van der Waals surface area contributed by atoms with Gasteiger partial charge < -0.3 is 14.8 Å². The predicted molar refractivity (Wildman–Crippen MR) is 106 cm³/mol. The molecule has 0 spiro atoms. The normalized spacial score (nSPS) is 17.5. The number of carbonyl (C=O) groups excluding carboxylic acids is 1. The van der Waals surface area contributed by atoms with Crippen molar-refractivity contribution in [1.82, 2.24) is 10.3 Å². The van der Waals surface area contributed by atoms with Gasteiger partial charge in [-0.2, -0.15) is 0 Å². The second-order valence-electron chi connectivity index (χ2n) is 7.08. The van der Waals surface area contributed by atoms with E-state index in [9.17, 15) is 4.79 Å². The second kappa shape index (κ2) is 8.21. The number of thioether (sulfide) groups is 1. The topological polar surface area (TPSA) is 60.5 Å². The standard InChI is InChI=1S/C21H24N2O3S/c24-19(14-27-20-5-1-4-10-22-20)23-15-21(8-2-3-9-21)16-6-7-17-18(13-16)26-12-11-25-17/h1,4-7,10,13H,2-3,8-9,11-12,14-15H2,(H,23,24). The van der Waals surface area contributed by atoms with E-state index in [1.807, 2.05) is 24.3 Å². The number of amides is 1. The minimum atomic E-state index is -0.0127. The molecule has 0 radical (unpaired) electrons. The molecule has 2 heterocycles. The fourth-order valence-corrected chi connectivity index (χ4v) is 4.57. The van der Waals surface area contributed by atoms with Gasteiger partial charge in [-0.3, -0.25) is 4.79 Å². The molecule has 27 heavy (non-hydrogen) atoms. The van der Waals surface area contributed by atoms with Gasteiger partial charge in [-0.15, -0.1) is 0 Å². The van der Waals surface area contributed by atoms with Crippen LogP contribution in [0.4, 0.5) is 0 Å². The monoisotopic (exact) mass is 384 g/mol. The lowest BCUT2D eigenvalue weighted by Gasteiger charge is -2.31. The summed E-state index contributed by atoms with van der Waals surface area (Å²) in [6.07, 6.45) is 6.29. The molecule has 1 aromatic heterocycles. The number of aromatic nitrogens is 1. The van der Waals surface area contributed by atoms with Gasteiger partial charge in [0.25, 0.3) is 0 Å². The van der Waals surface area contributed by atoms with Crippen molar-refractivity contribution >= 4 is 17.7 Å². The molecule has 1 amide bonds. The van der Waals surface area contributed by atoms with E-state index in [0.29, 0.717) is 25.5 Å². The fraction of sp³-hybridized carbons (Fsp3) is 0.429. The maximum atomic E-state index is 12.4. The molecule has 1 saturated carbocycles. The van der Waals surface area contributed by atoms with Crippen LogP contribution in [0.15, 0.2) is 47.6 Å². The molecule has 1 aliphatic carbocycles. The molecular formula is C21H24N2O3S. The molecule has 2 aromatic rings. The zero-order chi connectivity index (χ0) is 18.5. The van der Waals surface area contributed by atoms with Gasteiger partial charge in [-0.1, -0.05) is 36.7 Å². The largest absolute Gasteiger partial charge is 0.486 e. The average molecular weight is 385 g/mol. The molecule has 142 valence electrons. The Bertz CT molecular complexity index is 791.